The Labute approximate surface area is 94.8 Å². The molecule has 0 radical (unpaired) electrons. The van der Waals surface area contributed by atoms with Gasteiger partial charge in [0, 0.05) is 17.3 Å². The molecular formula is C11H15ClN2O. The molecule has 0 saturated heterocycles. The van der Waals surface area contributed by atoms with Crippen molar-refractivity contribution in [1.82, 2.24) is 5.32 Å². The van der Waals surface area contributed by atoms with Crippen LogP contribution in [0.4, 0.5) is 5.69 Å². The number of carbonyl (C=O) groups excluding carboxylic acids is 1. The maximum absolute atomic E-state index is 11.3. The number of benzene rings is 1. The van der Waals surface area contributed by atoms with Gasteiger partial charge in [-0.05, 0) is 24.6 Å². The summed E-state index contributed by atoms with van der Waals surface area (Å²) < 4.78 is 0. The van der Waals surface area contributed by atoms with E-state index in [1.807, 2.05) is 19.1 Å². The molecule has 0 atom stereocenters. The average Bonchev–Trinajstić information content (AvgIpc) is 2.23. The molecule has 3 nitrogen and oxygen atoms in total. The zero-order chi connectivity index (χ0) is 11.1. The van der Waals surface area contributed by atoms with Gasteiger partial charge in [0.05, 0.1) is 6.54 Å². The van der Waals surface area contributed by atoms with E-state index in [1.54, 1.807) is 12.1 Å². The lowest BCUT2D eigenvalue weighted by Gasteiger charge is -2.06. The first-order chi connectivity index (χ1) is 7.22. The summed E-state index contributed by atoms with van der Waals surface area (Å²) in [7, 11) is 0. The maximum atomic E-state index is 11.3. The molecule has 0 bridgehead atoms. The first-order valence-electron chi connectivity index (χ1n) is 4.98. The SMILES string of the molecule is CCCNC(=O)CNc1cccc(Cl)c1. The van der Waals surface area contributed by atoms with Crippen LogP contribution in [-0.2, 0) is 4.79 Å². The fraction of sp³-hybridized carbons (Fsp3) is 0.364. The quantitative estimate of drug-likeness (QED) is 0.809. The van der Waals surface area contributed by atoms with Gasteiger partial charge in [-0.3, -0.25) is 4.79 Å². The maximum Gasteiger partial charge on any atom is 0.239 e. The molecule has 0 spiro atoms. The molecule has 4 heteroatoms. The average molecular weight is 227 g/mol. The summed E-state index contributed by atoms with van der Waals surface area (Å²) in [6.45, 7) is 3.01. The predicted octanol–water partition coefficient (Wildman–Crippen LogP) is 2.28. The number of hydrogen-bond acceptors (Lipinski definition) is 2. The van der Waals surface area contributed by atoms with E-state index < -0.39 is 0 Å². The van der Waals surface area contributed by atoms with Crippen LogP contribution in [0.25, 0.3) is 0 Å². The van der Waals surface area contributed by atoms with Gasteiger partial charge in [-0.15, -0.1) is 0 Å². The molecule has 0 aliphatic carbocycles. The van der Waals surface area contributed by atoms with E-state index in [0.29, 0.717) is 5.02 Å². The summed E-state index contributed by atoms with van der Waals surface area (Å²) in [5, 5.41) is 6.44. The van der Waals surface area contributed by atoms with Crippen LogP contribution < -0.4 is 10.6 Å². The van der Waals surface area contributed by atoms with E-state index in [4.69, 9.17) is 11.6 Å². The van der Waals surface area contributed by atoms with Crippen LogP contribution in [0, 0.1) is 0 Å². The van der Waals surface area contributed by atoms with Gasteiger partial charge >= 0.3 is 0 Å². The summed E-state index contributed by atoms with van der Waals surface area (Å²) in [5.41, 5.74) is 0.856. The fourth-order valence-electron chi connectivity index (χ4n) is 1.11. The monoisotopic (exact) mass is 226 g/mol. The largest absolute Gasteiger partial charge is 0.376 e. The van der Waals surface area contributed by atoms with Gasteiger partial charge in [0.15, 0.2) is 0 Å². The molecule has 2 N–H and O–H groups in total. The van der Waals surface area contributed by atoms with Crippen LogP contribution in [-0.4, -0.2) is 19.0 Å². The number of carbonyl (C=O) groups is 1. The van der Waals surface area contributed by atoms with Crippen molar-refractivity contribution in [2.75, 3.05) is 18.4 Å². The van der Waals surface area contributed by atoms with Crippen LogP contribution in [0.3, 0.4) is 0 Å². The summed E-state index contributed by atoms with van der Waals surface area (Å²) >= 11 is 5.80. The Balaban J connectivity index is 2.33. The lowest BCUT2D eigenvalue weighted by molar-refractivity contribution is -0.119. The topological polar surface area (TPSA) is 41.1 Å². The third-order valence-electron chi connectivity index (χ3n) is 1.85. The van der Waals surface area contributed by atoms with Gasteiger partial charge in [0.2, 0.25) is 5.91 Å². The van der Waals surface area contributed by atoms with Crippen molar-refractivity contribution < 1.29 is 4.79 Å². The van der Waals surface area contributed by atoms with Crippen molar-refractivity contribution in [2.45, 2.75) is 13.3 Å². The summed E-state index contributed by atoms with van der Waals surface area (Å²) in [5.74, 6) is -0.00294. The molecular weight excluding hydrogens is 212 g/mol. The van der Waals surface area contributed by atoms with Crippen molar-refractivity contribution in [3.8, 4) is 0 Å². The second-order valence-corrected chi connectivity index (χ2v) is 3.65. The van der Waals surface area contributed by atoms with E-state index in [0.717, 1.165) is 18.7 Å². The summed E-state index contributed by atoms with van der Waals surface area (Å²) in [6, 6.07) is 7.30. The number of halogens is 1. The van der Waals surface area contributed by atoms with Crippen LogP contribution in [0.2, 0.25) is 5.02 Å². The van der Waals surface area contributed by atoms with E-state index in [-0.39, 0.29) is 12.5 Å². The Kier molecular flexibility index (Phi) is 4.98. The molecule has 15 heavy (non-hydrogen) atoms. The molecule has 0 unspecified atom stereocenters. The van der Waals surface area contributed by atoms with Gasteiger partial charge in [0.25, 0.3) is 0 Å². The van der Waals surface area contributed by atoms with Crippen LogP contribution in [0.1, 0.15) is 13.3 Å². The zero-order valence-corrected chi connectivity index (χ0v) is 9.47. The normalized spacial score (nSPS) is 9.73. The second-order valence-electron chi connectivity index (χ2n) is 3.21. The fourth-order valence-corrected chi connectivity index (χ4v) is 1.30. The third kappa shape index (κ3) is 4.70. The van der Waals surface area contributed by atoms with Crippen LogP contribution >= 0.6 is 11.6 Å². The molecule has 0 aliphatic heterocycles. The highest BCUT2D eigenvalue weighted by atomic mass is 35.5. The first-order valence-corrected chi connectivity index (χ1v) is 5.36. The van der Waals surface area contributed by atoms with Crippen molar-refractivity contribution >= 4 is 23.2 Å². The Morgan fingerprint density at radius 2 is 2.27 bits per heavy atom. The minimum atomic E-state index is -0.00294. The molecule has 0 fully saturated rings. The molecule has 0 heterocycles. The smallest absolute Gasteiger partial charge is 0.239 e. The predicted molar refractivity (Wildman–Crippen MR) is 63.2 cm³/mol. The van der Waals surface area contributed by atoms with Crippen molar-refractivity contribution in [3.63, 3.8) is 0 Å². The molecule has 0 saturated carbocycles. The van der Waals surface area contributed by atoms with Gasteiger partial charge in [0.1, 0.15) is 0 Å². The number of rotatable bonds is 5. The minimum Gasteiger partial charge on any atom is -0.376 e. The van der Waals surface area contributed by atoms with Crippen molar-refractivity contribution in [2.24, 2.45) is 0 Å². The van der Waals surface area contributed by atoms with Gasteiger partial charge in [-0.2, -0.15) is 0 Å². The lowest BCUT2D eigenvalue weighted by Crippen LogP contribution is -2.30. The molecule has 1 aromatic rings. The van der Waals surface area contributed by atoms with E-state index in [9.17, 15) is 4.79 Å². The standard InChI is InChI=1S/C11H15ClN2O/c1-2-6-13-11(15)8-14-10-5-3-4-9(12)7-10/h3-5,7,14H,2,6,8H2,1H3,(H,13,15). The molecule has 1 amide bonds. The highest BCUT2D eigenvalue weighted by Gasteiger charge is 1.99. The molecule has 1 aromatic carbocycles. The van der Waals surface area contributed by atoms with Crippen LogP contribution in [0.15, 0.2) is 24.3 Å². The van der Waals surface area contributed by atoms with Gasteiger partial charge < -0.3 is 10.6 Å². The third-order valence-corrected chi connectivity index (χ3v) is 2.08. The van der Waals surface area contributed by atoms with E-state index in [2.05, 4.69) is 10.6 Å². The molecule has 1 rings (SSSR count). The van der Waals surface area contributed by atoms with E-state index in [1.165, 1.54) is 0 Å². The molecule has 0 aromatic heterocycles. The Morgan fingerprint density at radius 3 is 2.93 bits per heavy atom. The second kappa shape index (κ2) is 6.30. The summed E-state index contributed by atoms with van der Waals surface area (Å²) in [6.07, 6.45) is 0.947. The van der Waals surface area contributed by atoms with E-state index >= 15 is 0 Å². The Morgan fingerprint density at radius 1 is 1.47 bits per heavy atom. The Hall–Kier alpha value is -1.22. The van der Waals surface area contributed by atoms with Crippen molar-refractivity contribution in [1.29, 1.82) is 0 Å². The zero-order valence-electron chi connectivity index (χ0n) is 8.72. The number of nitrogens with one attached hydrogen (secondary N) is 2. The minimum absolute atomic E-state index is 0.00294. The number of anilines is 1. The molecule has 82 valence electrons. The van der Waals surface area contributed by atoms with Crippen molar-refractivity contribution in [3.05, 3.63) is 29.3 Å². The lowest BCUT2D eigenvalue weighted by atomic mass is 10.3. The first kappa shape index (κ1) is 11.9. The highest BCUT2D eigenvalue weighted by Crippen LogP contribution is 2.14. The number of amides is 1. The highest BCUT2D eigenvalue weighted by molar-refractivity contribution is 6.30. The molecule has 0 aliphatic rings. The Bertz CT molecular complexity index is 328. The van der Waals surface area contributed by atoms with Gasteiger partial charge in [-0.25, -0.2) is 0 Å². The number of hydrogen-bond donors (Lipinski definition) is 2. The van der Waals surface area contributed by atoms with Crippen LogP contribution in [0.5, 0.6) is 0 Å². The van der Waals surface area contributed by atoms with Gasteiger partial charge in [-0.1, -0.05) is 24.6 Å². The summed E-state index contributed by atoms with van der Waals surface area (Å²) in [4.78, 5) is 11.3.